The van der Waals surface area contributed by atoms with Crippen LogP contribution in [0.2, 0.25) is 0 Å². The van der Waals surface area contributed by atoms with Crippen LogP contribution >= 0.6 is 0 Å². The summed E-state index contributed by atoms with van der Waals surface area (Å²) in [6, 6.07) is 7.36. The van der Waals surface area contributed by atoms with Gasteiger partial charge in [-0.25, -0.2) is 0 Å². The zero-order chi connectivity index (χ0) is 15.6. The number of rotatable bonds is 4. The van der Waals surface area contributed by atoms with Gasteiger partial charge in [0, 0.05) is 17.6 Å². The van der Waals surface area contributed by atoms with Gasteiger partial charge < -0.3 is 5.32 Å². The fraction of sp³-hybridized carbons (Fsp3) is 0.529. The van der Waals surface area contributed by atoms with E-state index in [0.717, 1.165) is 12.1 Å². The Bertz CT molecular complexity index is 546. The predicted molar refractivity (Wildman–Crippen MR) is 83.1 cm³/mol. The fourth-order valence-electron chi connectivity index (χ4n) is 2.44. The molecule has 0 aliphatic carbocycles. The van der Waals surface area contributed by atoms with Crippen molar-refractivity contribution in [2.75, 3.05) is 13.1 Å². The van der Waals surface area contributed by atoms with Crippen molar-refractivity contribution in [2.45, 2.75) is 39.7 Å². The van der Waals surface area contributed by atoms with Crippen LogP contribution in [0.4, 0.5) is 0 Å². The molecule has 0 spiro atoms. The Kier molecular flexibility index (Phi) is 4.47. The van der Waals surface area contributed by atoms with Crippen molar-refractivity contribution in [2.24, 2.45) is 5.92 Å². The molecule has 1 aliphatic rings. The van der Waals surface area contributed by atoms with E-state index >= 15 is 0 Å². The van der Waals surface area contributed by atoms with Gasteiger partial charge in [-0.05, 0) is 44.9 Å². The number of hydrogen-bond acceptors (Lipinski definition) is 3. The van der Waals surface area contributed by atoms with Gasteiger partial charge in [0.2, 0.25) is 5.91 Å². The van der Waals surface area contributed by atoms with Gasteiger partial charge in [0.15, 0.2) is 0 Å². The minimum atomic E-state index is -0.163. The molecule has 1 aromatic rings. The minimum Gasteiger partial charge on any atom is -0.312 e. The summed E-state index contributed by atoms with van der Waals surface area (Å²) in [6.45, 7) is 9.62. The third-order valence-electron chi connectivity index (χ3n) is 3.61. The summed E-state index contributed by atoms with van der Waals surface area (Å²) >= 11 is 0. The number of amides is 2. The molecule has 114 valence electrons. The molecule has 0 aromatic heterocycles. The molecule has 2 rings (SSSR count). The smallest absolute Gasteiger partial charge is 0.260 e. The highest BCUT2D eigenvalue weighted by atomic mass is 16.2. The molecule has 1 aromatic carbocycles. The lowest BCUT2D eigenvalue weighted by molar-refractivity contribution is -0.128. The van der Waals surface area contributed by atoms with Crippen molar-refractivity contribution >= 4 is 11.8 Å². The van der Waals surface area contributed by atoms with Crippen molar-refractivity contribution in [3.63, 3.8) is 0 Å². The maximum atomic E-state index is 12.4. The Morgan fingerprint density at radius 3 is 2.57 bits per heavy atom. The molecule has 0 bridgehead atoms. The van der Waals surface area contributed by atoms with E-state index in [4.69, 9.17) is 0 Å². The van der Waals surface area contributed by atoms with Crippen LogP contribution in [-0.2, 0) is 11.2 Å². The molecule has 21 heavy (non-hydrogen) atoms. The first-order valence-corrected chi connectivity index (χ1v) is 7.45. The summed E-state index contributed by atoms with van der Waals surface area (Å²) < 4.78 is 0. The molecule has 4 nitrogen and oxygen atoms in total. The van der Waals surface area contributed by atoms with E-state index in [-0.39, 0.29) is 23.3 Å². The lowest BCUT2D eigenvalue weighted by Crippen LogP contribution is -2.47. The number of benzene rings is 1. The monoisotopic (exact) mass is 288 g/mol. The summed E-state index contributed by atoms with van der Waals surface area (Å²) in [6.07, 6.45) is 0.321. The average molecular weight is 288 g/mol. The van der Waals surface area contributed by atoms with Gasteiger partial charge in [0.05, 0.1) is 6.42 Å². The molecule has 1 aliphatic heterocycles. The van der Waals surface area contributed by atoms with Crippen molar-refractivity contribution in [3.05, 3.63) is 35.4 Å². The molecule has 1 atom stereocenters. The number of nitrogens with zero attached hydrogens (tertiary/aromatic N) is 1. The van der Waals surface area contributed by atoms with E-state index in [1.54, 1.807) is 6.07 Å². The van der Waals surface area contributed by atoms with Gasteiger partial charge >= 0.3 is 0 Å². The molecule has 2 amide bonds. The second-order valence-electron chi connectivity index (χ2n) is 6.88. The number of hydrogen-bond donors (Lipinski definition) is 1. The van der Waals surface area contributed by atoms with E-state index in [1.807, 2.05) is 18.2 Å². The Hall–Kier alpha value is -1.68. The Morgan fingerprint density at radius 2 is 1.90 bits per heavy atom. The van der Waals surface area contributed by atoms with E-state index in [2.05, 4.69) is 33.0 Å². The normalized spacial score (nSPS) is 16.9. The largest absolute Gasteiger partial charge is 0.312 e. The fourth-order valence-corrected chi connectivity index (χ4v) is 2.44. The summed E-state index contributed by atoms with van der Waals surface area (Å²) in [4.78, 5) is 26.0. The number of carbonyl (C=O) groups is 2. The molecule has 0 radical (unpaired) electrons. The topological polar surface area (TPSA) is 49.4 Å². The Morgan fingerprint density at radius 1 is 1.24 bits per heavy atom. The number of imide groups is 1. The first kappa shape index (κ1) is 15.7. The third-order valence-corrected chi connectivity index (χ3v) is 3.61. The zero-order valence-electron chi connectivity index (χ0n) is 13.3. The molecule has 0 saturated carbocycles. The highest BCUT2D eigenvalue weighted by Gasteiger charge is 2.31. The van der Waals surface area contributed by atoms with E-state index in [0.29, 0.717) is 18.5 Å². The second-order valence-corrected chi connectivity index (χ2v) is 6.88. The molecule has 1 heterocycles. The predicted octanol–water partition coefficient (Wildman–Crippen LogP) is 2.24. The highest BCUT2D eigenvalue weighted by Crippen LogP contribution is 2.20. The molecule has 1 N–H and O–H groups in total. The van der Waals surface area contributed by atoms with Crippen LogP contribution in [0.15, 0.2) is 24.3 Å². The molecule has 0 saturated heterocycles. The maximum Gasteiger partial charge on any atom is 0.260 e. The molecule has 0 fully saturated rings. The van der Waals surface area contributed by atoms with Crippen LogP contribution in [0.1, 0.15) is 43.6 Å². The van der Waals surface area contributed by atoms with Gasteiger partial charge in [0.1, 0.15) is 0 Å². The molecule has 4 heteroatoms. The van der Waals surface area contributed by atoms with Crippen molar-refractivity contribution in [1.82, 2.24) is 10.2 Å². The number of fused-ring (bicyclic) bond motifs is 1. The summed E-state index contributed by atoms with van der Waals surface area (Å²) in [5.74, 6) is -0.0341. The first-order valence-electron chi connectivity index (χ1n) is 7.45. The van der Waals surface area contributed by atoms with E-state index < -0.39 is 0 Å². The van der Waals surface area contributed by atoms with E-state index in [1.165, 1.54) is 4.90 Å². The van der Waals surface area contributed by atoms with Crippen LogP contribution in [0.3, 0.4) is 0 Å². The standard InChI is InChI=1S/C17H24N2O2/c1-12(10-18-17(2,3)4)11-19-15(20)9-13-7-5-6-8-14(13)16(19)21/h5-8,12,18H,9-11H2,1-4H3. The van der Waals surface area contributed by atoms with Crippen LogP contribution in [0.25, 0.3) is 0 Å². The van der Waals surface area contributed by atoms with Crippen LogP contribution in [-0.4, -0.2) is 35.3 Å². The van der Waals surface area contributed by atoms with Gasteiger partial charge in [-0.1, -0.05) is 25.1 Å². The van der Waals surface area contributed by atoms with Gasteiger partial charge in [-0.2, -0.15) is 0 Å². The molecule has 1 unspecified atom stereocenters. The summed E-state index contributed by atoms with van der Waals surface area (Å²) in [5, 5.41) is 3.41. The van der Waals surface area contributed by atoms with Crippen LogP contribution in [0, 0.1) is 5.92 Å². The molecular weight excluding hydrogens is 264 g/mol. The Balaban J connectivity index is 2.04. The van der Waals surface area contributed by atoms with Crippen LogP contribution < -0.4 is 5.32 Å². The Labute approximate surface area is 126 Å². The van der Waals surface area contributed by atoms with Crippen molar-refractivity contribution < 1.29 is 9.59 Å². The van der Waals surface area contributed by atoms with E-state index in [9.17, 15) is 9.59 Å². The minimum absolute atomic E-state index is 0.0385. The van der Waals surface area contributed by atoms with Crippen molar-refractivity contribution in [1.29, 1.82) is 0 Å². The lowest BCUT2D eigenvalue weighted by atomic mass is 9.97. The highest BCUT2D eigenvalue weighted by molar-refractivity contribution is 6.09. The van der Waals surface area contributed by atoms with Crippen molar-refractivity contribution in [3.8, 4) is 0 Å². The second kappa shape index (κ2) is 5.98. The zero-order valence-corrected chi connectivity index (χ0v) is 13.3. The summed E-state index contributed by atoms with van der Waals surface area (Å²) in [5.41, 5.74) is 1.54. The number of carbonyl (C=O) groups excluding carboxylic acids is 2. The molecular formula is C17H24N2O2. The lowest BCUT2D eigenvalue weighted by Gasteiger charge is -2.30. The maximum absolute atomic E-state index is 12.4. The van der Waals surface area contributed by atoms with Gasteiger partial charge in [0.25, 0.3) is 5.91 Å². The quantitative estimate of drug-likeness (QED) is 0.864. The van der Waals surface area contributed by atoms with Gasteiger partial charge in [-0.3, -0.25) is 14.5 Å². The number of nitrogens with one attached hydrogen (secondary N) is 1. The van der Waals surface area contributed by atoms with Gasteiger partial charge in [-0.15, -0.1) is 0 Å². The first-order chi connectivity index (χ1) is 9.78. The summed E-state index contributed by atoms with van der Waals surface area (Å²) in [7, 11) is 0. The SMILES string of the molecule is CC(CNC(C)(C)C)CN1C(=O)Cc2ccccc2C1=O. The average Bonchev–Trinajstić information content (AvgIpc) is 2.40. The third kappa shape index (κ3) is 3.91. The van der Waals surface area contributed by atoms with Crippen LogP contribution in [0.5, 0.6) is 0 Å².